The second-order valence-corrected chi connectivity index (χ2v) is 5.41. The summed E-state index contributed by atoms with van der Waals surface area (Å²) in [5, 5.41) is 5.12. The lowest BCUT2D eigenvalue weighted by Gasteiger charge is -2.33. The predicted octanol–water partition coefficient (Wildman–Crippen LogP) is 2.53. The summed E-state index contributed by atoms with van der Waals surface area (Å²) in [5.41, 5.74) is 4.21. The van der Waals surface area contributed by atoms with E-state index in [2.05, 4.69) is 34.6 Å². The van der Waals surface area contributed by atoms with Gasteiger partial charge in [0.05, 0.1) is 19.3 Å². The fraction of sp³-hybridized carbons (Fsp3) is 0.467. The molecule has 1 aliphatic heterocycles. The van der Waals surface area contributed by atoms with Gasteiger partial charge in [-0.15, -0.1) is 0 Å². The van der Waals surface area contributed by atoms with Gasteiger partial charge >= 0.3 is 0 Å². The van der Waals surface area contributed by atoms with Crippen LogP contribution in [0.25, 0.3) is 10.9 Å². The first kappa shape index (κ1) is 10.6. The molecule has 94 valence electrons. The number of hydrogen-bond donors (Lipinski definition) is 2. The number of aromatic amines is 1. The molecule has 1 aromatic heterocycles. The highest BCUT2D eigenvalue weighted by molar-refractivity contribution is 5.85. The molecule has 1 saturated heterocycles. The first-order valence-corrected chi connectivity index (χ1v) is 6.85. The van der Waals surface area contributed by atoms with Crippen molar-refractivity contribution in [1.82, 2.24) is 10.3 Å². The molecule has 2 heterocycles. The SMILES string of the molecule is c1ccc2c3c([nH]c2c1)C(NC1COC1)CCC3. The Labute approximate surface area is 107 Å². The van der Waals surface area contributed by atoms with Crippen molar-refractivity contribution in [3.63, 3.8) is 0 Å². The number of aryl methyl sites for hydroxylation is 1. The van der Waals surface area contributed by atoms with Gasteiger partial charge in [-0.3, -0.25) is 0 Å². The number of H-pyrrole nitrogens is 1. The van der Waals surface area contributed by atoms with Crippen molar-refractivity contribution in [1.29, 1.82) is 0 Å². The van der Waals surface area contributed by atoms with Gasteiger partial charge in [-0.2, -0.15) is 0 Å². The van der Waals surface area contributed by atoms with E-state index >= 15 is 0 Å². The molecule has 1 unspecified atom stereocenters. The minimum Gasteiger partial charge on any atom is -0.378 e. The summed E-state index contributed by atoms with van der Waals surface area (Å²) in [7, 11) is 0. The minimum atomic E-state index is 0.482. The van der Waals surface area contributed by atoms with Crippen LogP contribution in [0.5, 0.6) is 0 Å². The van der Waals surface area contributed by atoms with Crippen LogP contribution in [0.15, 0.2) is 24.3 Å². The first-order chi connectivity index (χ1) is 8.92. The van der Waals surface area contributed by atoms with Crippen LogP contribution in [-0.4, -0.2) is 24.2 Å². The summed E-state index contributed by atoms with van der Waals surface area (Å²) in [6.45, 7) is 1.73. The van der Waals surface area contributed by atoms with E-state index < -0.39 is 0 Å². The lowest BCUT2D eigenvalue weighted by atomic mass is 9.91. The number of benzene rings is 1. The predicted molar refractivity (Wildman–Crippen MR) is 71.7 cm³/mol. The van der Waals surface area contributed by atoms with Crippen LogP contribution in [0.2, 0.25) is 0 Å². The Bertz CT molecular complexity index is 571. The Morgan fingerprint density at radius 1 is 1.22 bits per heavy atom. The van der Waals surface area contributed by atoms with Crippen LogP contribution >= 0.6 is 0 Å². The third-order valence-corrected chi connectivity index (χ3v) is 4.19. The largest absolute Gasteiger partial charge is 0.378 e. The highest BCUT2D eigenvalue weighted by Crippen LogP contribution is 2.35. The molecule has 18 heavy (non-hydrogen) atoms. The fourth-order valence-corrected chi connectivity index (χ4v) is 3.20. The van der Waals surface area contributed by atoms with Crippen LogP contribution in [0.4, 0.5) is 0 Å². The van der Waals surface area contributed by atoms with Crippen molar-refractivity contribution in [3.05, 3.63) is 35.5 Å². The zero-order valence-electron chi connectivity index (χ0n) is 10.4. The van der Waals surface area contributed by atoms with Crippen LogP contribution in [0.1, 0.15) is 30.1 Å². The normalized spacial score (nSPS) is 23.9. The van der Waals surface area contributed by atoms with Gasteiger partial charge in [0.1, 0.15) is 0 Å². The molecule has 2 aromatic rings. The molecule has 2 aliphatic rings. The van der Waals surface area contributed by atoms with Gasteiger partial charge in [0.25, 0.3) is 0 Å². The molecule has 0 spiro atoms. The molecule has 1 atom stereocenters. The minimum absolute atomic E-state index is 0.482. The van der Waals surface area contributed by atoms with E-state index in [4.69, 9.17) is 4.74 Å². The fourth-order valence-electron chi connectivity index (χ4n) is 3.20. The van der Waals surface area contributed by atoms with Crippen molar-refractivity contribution >= 4 is 10.9 Å². The Morgan fingerprint density at radius 3 is 2.94 bits per heavy atom. The third-order valence-electron chi connectivity index (χ3n) is 4.19. The second kappa shape index (κ2) is 4.11. The number of ether oxygens (including phenoxy) is 1. The highest BCUT2D eigenvalue weighted by Gasteiger charge is 2.28. The van der Waals surface area contributed by atoms with Gasteiger partial charge in [0.2, 0.25) is 0 Å². The van der Waals surface area contributed by atoms with Crippen LogP contribution in [0.3, 0.4) is 0 Å². The van der Waals surface area contributed by atoms with Gasteiger partial charge < -0.3 is 15.0 Å². The average molecular weight is 242 g/mol. The standard InChI is InChI=1S/C15H18N2O/c1-2-6-13-11(4-1)12-5-3-7-14(15(12)17-13)16-10-8-18-9-10/h1-2,4,6,10,14,16-17H,3,5,7-9H2. The molecular weight excluding hydrogens is 224 g/mol. The molecule has 1 fully saturated rings. The van der Waals surface area contributed by atoms with Crippen molar-refractivity contribution in [3.8, 4) is 0 Å². The molecule has 3 nitrogen and oxygen atoms in total. The molecule has 3 heteroatoms. The van der Waals surface area contributed by atoms with E-state index in [1.807, 2.05) is 0 Å². The van der Waals surface area contributed by atoms with Gasteiger partial charge in [0.15, 0.2) is 0 Å². The van der Waals surface area contributed by atoms with Crippen molar-refractivity contribution < 1.29 is 4.74 Å². The van der Waals surface area contributed by atoms with Crippen molar-refractivity contribution in [2.24, 2.45) is 0 Å². The molecule has 1 aromatic carbocycles. The molecule has 2 N–H and O–H groups in total. The molecule has 1 aliphatic carbocycles. The maximum atomic E-state index is 5.25. The summed E-state index contributed by atoms with van der Waals surface area (Å²) in [4.78, 5) is 3.62. The maximum Gasteiger partial charge on any atom is 0.0643 e. The Kier molecular flexibility index (Phi) is 2.42. The van der Waals surface area contributed by atoms with Crippen molar-refractivity contribution in [2.75, 3.05) is 13.2 Å². The number of fused-ring (bicyclic) bond motifs is 3. The van der Waals surface area contributed by atoms with E-state index in [0.717, 1.165) is 13.2 Å². The zero-order valence-corrected chi connectivity index (χ0v) is 10.4. The highest BCUT2D eigenvalue weighted by atomic mass is 16.5. The molecule has 0 amide bonds. The van der Waals surface area contributed by atoms with E-state index in [0.29, 0.717) is 12.1 Å². The van der Waals surface area contributed by atoms with Crippen LogP contribution < -0.4 is 5.32 Å². The monoisotopic (exact) mass is 242 g/mol. The van der Waals surface area contributed by atoms with Gasteiger partial charge in [-0.25, -0.2) is 0 Å². The van der Waals surface area contributed by atoms with E-state index in [1.54, 1.807) is 0 Å². The molecule has 0 radical (unpaired) electrons. The Balaban J connectivity index is 1.73. The first-order valence-electron chi connectivity index (χ1n) is 6.85. The Hall–Kier alpha value is -1.32. The summed E-state index contributed by atoms with van der Waals surface area (Å²) in [6.07, 6.45) is 3.72. The number of rotatable bonds is 2. The topological polar surface area (TPSA) is 37.0 Å². The number of hydrogen-bond acceptors (Lipinski definition) is 2. The quantitative estimate of drug-likeness (QED) is 0.849. The average Bonchev–Trinajstić information content (AvgIpc) is 2.73. The van der Waals surface area contributed by atoms with E-state index in [1.165, 1.54) is 41.4 Å². The van der Waals surface area contributed by atoms with Gasteiger partial charge in [-0.05, 0) is 30.9 Å². The Morgan fingerprint density at radius 2 is 2.11 bits per heavy atom. The van der Waals surface area contributed by atoms with Crippen LogP contribution in [0, 0.1) is 0 Å². The van der Waals surface area contributed by atoms with Gasteiger partial charge in [-0.1, -0.05) is 18.2 Å². The lowest BCUT2D eigenvalue weighted by molar-refractivity contribution is -0.0112. The number of nitrogens with one attached hydrogen (secondary N) is 2. The van der Waals surface area contributed by atoms with E-state index in [9.17, 15) is 0 Å². The molecule has 0 bridgehead atoms. The molecular formula is C15H18N2O. The summed E-state index contributed by atoms with van der Waals surface area (Å²) < 4.78 is 5.25. The summed E-state index contributed by atoms with van der Waals surface area (Å²) in [6, 6.07) is 9.68. The molecule has 4 rings (SSSR count). The smallest absolute Gasteiger partial charge is 0.0643 e. The van der Waals surface area contributed by atoms with E-state index in [-0.39, 0.29) is 0 Å². The van der Waals surface area contributed by atoms with Crippen molar-refractivity contribution in [2.45, 2.75) is 31.3 Å². The molecule has 0 saturated carbocycles. The number of aromatic nitrogens is 1. The third kappa shape index (κ3) is 1.58. The van der Waals surface area contributed by atoms with Gasteiger partial charge in [0, 0.05) is 22.6 Å². The maximum absolute atomic E-state index is 5.25. The van der Waals surface area contributed by atoms with Crippen LogP contribution in [-0.2, 0) is 11.2 Å². The summed E-state index contributed by atoms with van der Waals surface area (Å²) >= 11 is 0. The number of para-hydroxylation sites is 1. The second-order valence-electron chi connectivity index (χ2n) is 5.41. The summed E-state index contributed by atoms with van der Waals surface area (Å²) in [5.74, 6) is 0. The zero-order chi connectivity index (χ0) is 11.9. The lowest BCUT2D eigenvalue weighted by Crippen LogP contribution is -2.48.